The Bertz CT molecular complexity index is 377. The highest BCUT2D eigenvalue weighted by Crippen LogP contribution is 2.38. The van der Waals surface area contributed by atoms with Crippen LogP contribution in [0.1, 0.15) is 16.9 Å². The Morgan fingerprint density at radius 2 is 2.44 bits per heavy atom. The third-order valence-corrected chi connectivity index (χ3v) is 3.73. The van der Waals surface area contributed by atoms with E-state index in [2.05, 4.69) is 0 Å². The summed E-state index contributed by atoms with van der Waals surface area (Å²) in [6, 6.07) is 3.86. The number of carbonyl (C=O) groups is 1. The Kier molecular flexibility index (Phi) is 3.56. The molecule has 0 N–H and O–H groups in total. The van der Waals surface area contributed by atoms with E-state index in [0.29, 0.717) is 18.9 Å². The van der Waals surface area contributed by atoms with E-state index >= 15 is 0 Å². The third kappa shape index (κ3) is 2.25. The number of thioether (sulfide) groups is 1. The average Bonchev–Trinajstić information content (AvgIpc) is 2.82. The number of furan rings is 1. The number of carbonyl (C=O) groups excluding carboxylic acids is 1. The van der Waals surface area contributed by atoms with Gasteiger partial charge in [-0.05, 0) is 19.1 Å². The van der Waals surface area contributed by atoms with Gasteiger partial charge in [0, 0.05) is 13.7 Å². The smallest absolute Gasteiger partial charge is 0.234 e. The lowest BCUT2D eigenvalue weighted by atomic mass is 10.3. The van der Waals surface area contributed by atoms with Gasteiger partial charge in [0.15, 0.2) is 0 Å². The normalized spacial score (nSPS) is 20.8. The van der Waals surface area contributed by atoms with Crippen molar-refractivity contribution >= 4 is 17.7 Å². The van der Waals surface area contributed by atoms with E-state index in [4.69, 9.17) is 9.15 Å². The van der Waals surface area contributed by atoms with Crippen molar-refractivity contribution in [1.29, 1.82) is 0 Å². The monoisotopic (exact) mass is 241 g/mol. The quantitative estimate of drug-likeness (QED) is 0.806. The molecule has 0 saturated carbocycles. The van der Waals surface area contributed by atoms with Gasteiger partial charge in [-0.2, -0.15) is 0 Å². The van der Waals surface area contributed by atoms with E-state index in [9.17, 15) is 4.79 Å². The SMILES string of the molecule is COCCN1C(=O)CSC1c1ccc(C)o1. The lowest BCUT2D eigenvalue weighted by molar-refractivity contribution is -0.128. The van der Waals surface area contributed by atoms with Crippen molar-refractivity contribution in [3.8, 4) is 0 Å². The van der Waals surface area contributed by atoms with Crippen LogP contribution in [-0.4, -0.2) is 36.8 Å². The maximum absolute atomic E-state index is 11.7. The summed E-state index contributed by atoms with van der Waals surface area (Å²) >= 11 is 1.60. The fourth-order valence-electron chi connectivity index (χ4n) is 1.71. The van der Waals surface area contributed by atoms with Crippen LogP contribution in [0.15, 0.2) is 16.5 Å². The standard InChI is InChI=1S/C11H15NO3S/c1-8-3-4-9(15-8)11-12(5-6-14-2)10(13)7-16-11/h3-4,11H,5-7H2,1-2H3. The molecule has 1 amide bonds. The van der Waals surface area contributed by atoms with Crippen LogP contribution < -0.4 is 0 Å². The minimum Gasteiger partial charge on any atom is -0.463 e. The zero-order valence-corrected chi connectivity index (χ0v) is 10.3. The van der Waals surface area contributed by atoms with Gasteiger partial charge in [-0.15, -0.1) is 11.8 Å². The summed E-state index contributed by atoms with van der Waals surface area (Å²) in [6.45, 7) is 3.08. The average molecular weight is 241 g/mol. The van der Waals surface area contributed by atoms with Crippen molar-refractivity contribution in [1.82, 2.24) is 4.90 Å². The van der Waals surface area contributed by atoms with Gasteiger partial charge in [0.2, 0.25) is 5.91 Å². The second-order valence-electron chi connectivity index (χ2n) is 3.69. The van der Waals surface area contributed by atoms with Crippen molar-refractivity contribution in [2.24, 2.45) is 0 Å². The summed E-state index contributed by atoms with van der Waals surface area (Å²) in [6.07, 6.45) is 0. The number of hydrogen-bond acceptors (Lipinski definition) is 4. The molecular formula is C11H15NO3S. The highest BCUT2D eigenvalue weighted by molar-refractivity contribution is 8.00. The number of aryl methyl sites for hydroxylation is 1. The maximum atomic E-state index is 11.7. The molecule has 1 aliphatic rings. The second-order valence-corrected chi connectivity index (χ2v) is 4.76. The number of amides is 1. The van der Waals surface area contributed by atoms with E-state index < -0.39 is 0 Å². The van der Waals surface area contributed by atoms with Crippen LogP contribution in [0.25, 0.3) is 0 Å². The first-order valence-corrected chi connectivity index (χ1v) is 6.23. The van der Waals surface area contributed by atoms with Crippen molar-refractivity contribution in [3.63, 3.8) is 0 Å². The summed E-state index contributed by atoms with van der Waals surface area (Å²) in [7, 11) is 1.64. The van der Waals surface area contributed by atoms with E-state index in [1.54, 1.807) is 18.9 Å². The number of methoxy groups -OCH3 is 1. The molecule has 0 aromatic carbocycles. The summed E-state index contributed by atoms with van der Waals surface area (Å²) in [5, 5.41) is 0.0105. The van der Waals surface area contributed by atoms with Crippen molar-refractivity contribution in [2.45, 2.75) is 12.3 Å². The number of rotatable bonds is 4. The Morgan fingerprint density at radius 1 is 1.62 bits per heavy atom. The van der Waals surface area contributed by atoms with Crippen molar-refractivity contribution in [2.75, 3.05) is 26.0 Å². The first-order chi connectivity index (χ1) is 7.72. The van der Waals surface area contributed by atoms with Crippen LogP contribution in [0.4, 0.5) is 0 Å². The molecule has 2 heterocycles. The van der Waals surface area contributed by atoms with Crippen LogP contribution in [-0.2, 0) is 9.53 Å². The molecule has 1 aliphatic heterocycles. The van der Waals surface area contributed by atoms with Gasteiger partial charge in [0.05, 0.1) is 12.4 Å². The predicted octanol–water partition coefficient (Wildman–Crippen LogP) is 1.81. The molecule has 1 unspecified atom stereocenters. The van der Waals surface area contributed by atoms with Crippen LogP contribution >= 0.6 is 11.8 Å². The van der Waals surface area contributed by atoms with Gasteiger partial charge in [-0.1, -0.05) is 0 Å². The van der Waals surface area contributed by atoms with Crippen LogP contribution in [0.3, 0.4) is 0 Å². The third-order valence-electron chi connectivity index (χ3n) is 2.51. The molecule has 1 atom stereocenters. The molecule has 88 valence electrons. The van der Waals surface area contributed by atoms with E-state index in [-0.39, 0.29) is 11.3 Å². The Morgan fingerprint density at radius 3 is 3.06 bits per heavy atom. The van der Waals surface area contributed by atoms with Gasteiger partial charge in [-0.3, -0.25) is 4.79 Å². The van der Waals surface area contributed by atoms with Crippen molar-refractivity contribution < 1.29 is 13.9 Å². The van der Waals surface area contributed by atoms with E-state index in [0.717, 1.165) is 11.5 Å². The first-order valence-electron chi connectivity index (χ1n) is 5.18. The van der Waals surface area contributed by atoms with Crippen LogP contribution in [0.5, 0.6) is 0 Å². The molecule has 4 nitrogen and oxygen atoms in total. The fraction of sp³-hybridized carbons (Fsp3) is 0.545. The molecule has 0 radical (unpaired) electrons. The van der Waals surface area contributed by atoms with Gasteiger partial charge in [0.1, 0.15) is 16.9 Å². The lowest BCUT2D eigenvalue weighted by Crippen LogP contribution is -2.31. The summed E-state index contributed by atoms with van der Waals surface area (Å²) in [4.78, 5) is 13.5. The molecule has 16 heavy (non-hydrogen) atoms. The molecule has 1 aromatic rings. The minimum absolute atomic E-state index is 0.0105. The molecule has 2 rings (SSSR count). The first kappa shape index (κ1) is 11.5. The largest absolute Gasteiger partial charge is 0.463 e. The second kappa shape index (κ2) is 4.93. The number of hydrogen-bond donors (Lipinski definition) is 0. The predicted molar refractivity (Wildman–Crippen MR) is 62.2 cm³/mol. The van der Waals surface area contributed by atoms with Crippen LogP contribution in [0.2, 0.25) is 0 Å². The molecule has 0 spiro atoms. The molecule has 1 fully saturated rings. The zero-order chi connectivity index (χ0) is 11.5. The van der Waals surface area contributed by atoms with Crippen LogP contribution in [0, 0.1) is 6.92 Å². The van der Waals surface area contributed by atoms with E-state index in [1.807, 2.05) is 24.0 Å². The zero-order valence-electron chi connectivity index (χ0n) is 9.43. The fourth-order valence-corrected chi connectivity index (χ4v) is 2.87. The molecular weight excluding hydrogens is 226 g/mol. The Hall–Kier alpha value is -0.940. The number of ether oxygens (including phenoxy) is 1. The lowest BCUT2D eigenvalue weighted by Gasteiger charge is -2.21. The van der Waals surface area contributed by atoms with Gasteiger partial charge in [0.25, 0.3) is 0 Å². The summed E-state index contributed by atoms with van der Waals surface area (Å²) < 4.78 is 10.6. The molecule has 5 heteroatoms. The highest BCUT2D eigenvalue weighted by atomic mass is 32.2. The minimum atomic E-state index is 0.0105. The van der Waals surface area contributed by atoms with E-state index in [1.165, 1.54) is 0 Å². The molecule has 1 saturated heterocycles. The Labute approximate surface area is 98.9 Å². The van der Waals surface area contributed by atoms with Gasteiger partial charge in [-0.25, -0.2) is 0 Å². The topological polar surface area (TPSA) is 42.7 Å². The number of nitrogens with zero attached hydrogens (tertiary/aromatic N) is 1. The molecule has 0 bridgehead atoms. The molecule has 1 aromatic heterocycles. The van der Waals surface area contributed by atoms with Gasteiger partial charge >= 0.3 is 0 Å². The Balaban J connectivity index is 2.11. The summed E-state index contributed by atoms with van der Waals surface area (Å²) in [5.41, 5.74) is 0. The highest BCUT2D eigenvalue weighted by Gasteiger charge is 2.34. The summed E-state index contributed by atoms with van der Waals surface area (Å²) in [5.74, 6) is 2.40. The van der Waals surface area contributed by atoms with Crippen molar-refractivity contribution in [3.05, 3.63) is 23.7 Å². The molecule has 0 aliphatic carbocycles. The maximum Gasteiger partial charge on any atom is 0.234 e. The van der Waals surface area contributed by atoms with Gasteiger partial charge < -0.3 is 14.1 Å².